The van der Waals surface area contributed by atoms with Crippen molar-refractivity contribution >= 4 is 34.9 Å². The number of hydrogen-bond donors (Lipinski definition) is 2. The number of carbonyl (C=O) groups is 3. The third kappa shape index (κ3) is 6.08. The molecule has 2 aromatic rings. The van der Waals surface area contributed by atoms with Crippen molar-refractivity contribution in [2.24, 2.45) is 0 Å². The first-order chi connectivity index (χ1) is 17.5. The lowest BCUT2D eigenvalue weighted by Crippen LogP contribution is -2.38. The number of carbonyl (C=O) groups excluding carboxylic acids is 3. The highest BCUT2D eigenvalue weighted by Gasteiger charge is 2.26. The van der Waals surface area contributed by atoms with Gasteiger partial charge in [0.25, 0.3) is 5.91 Å². The number of benzene rings is 2. The van der Waals surface area contributed by atoms with Crippen LogP contribution in [0.5, 0.6) is 5.75 Å². The number of hydrogen-bond acceptors (Lipinski definition) is 5. The van der Waals surface area contributed by atoms with Crippen LogP contribution in [0.25, 0.3) is 0 Å². The lowest BCUT2D eigenvalue weighted by atomic mass is 10.1. The zero-order chi connectivity index (χ0) is 25.5. The molecular formula is C27H35N5O4. The first kappa shape index (κ1) is 25.3. The molecule has 2 aliphatic heterocycles. The lowest BCUT2D eigenvalue weighted by Gasteiger charge is -2.27. The van der Waals surface area contributed by atoms with Crippen LogP contribution < -0.4 is 20.3 Å². The molecule has 0 aliphatic carbocycles. The number of nitrogens with one attached hydrogen (secondary N) is 2. The number of anilines is 3. The van der Waals surface area contributed by atoms with Crippen LogP contribution in [-0.4, -0.2) is 74.0 Å². The Balaban J connectivity index is 1.48. The average molecular weight is 494 g/mol. The zero-order valence-electron chi connectivity index (χ0n) is 21.1. The van der Waals surface area contributed by atoms with Crippen LogP contribution in [0.3, 0.4) is 0 Å². The van der Waals surface area contributed by atoms with E-state index >= 15 is 0 Å². The molecule has 4 rings (SSSR count). The van der Waals surface area contributed by atoms with E-state index in [0.717, 1.165) is 50.3 Å². The minimum absolute atomic E-state index is 0.00607. The van der Waals surface area contributed by atoms with Gasteiger partial charge in [0.15, 0.2) is 0 Å². The normalized spacial score (nSPS) is 15.9. The number of amides is 4. The van der Waals surface area contributed by atoms with Gasteiger partial charge in [-0.05, 0) is 61.7 Å². The summed E-state index contributed by atoms with van der Waals surface area (Å²) in [5.41, 5.74) is 2.79. The van der Waals surface area contributed by atoms with E-state index in [1.165, 1.54) is 0 Å². The van der Waals surface area contributed by atoms with E-state index in [9.17, 15) is 14.4 Å². The maximum atomic E-state index is 13.4. The van der Waals surface area contributed by atoms with Gasteiger partial charge in [-0.25, -0.2) is 4.79 Å². The van der Waals surface area contributed by atoms with Crippen molar-refractivity contribution in [2.75, 3.05) is 61.9 Å². The molecule has 0 spiro atoms. The number of methoxy groups -OCH3 is 1. The minimum Gasteiger partial charge on any atom is -0.497 e. The molecule has 0 saturated carbocycles. The van der Waals surface area contributed by atoms with Gasteiger partial charge >= 0.3 is 6.03 Å². The van der Waals surface area contributed by atoms with Crippen LogP contribution in [0.2, 0.25) is 0 Å². The van der Waals surface area contributed by atoms with Crippen molar-refractivity contribution in [3.63, 3.8) is 0 Å². The third-order valence-corrected chi connectivity index (χ3v) is 6.69. The molecule has 4 amide bonds. The van der Waals surface area contributed by atoms with E-state index in [0.29, 0.717) is 43.0 Å². The van der Waals surface area contributed by atoms with Crippen LogP contribution in [0, 0.1) is 0 Å². The Hall–Kier alpha value is -3.75. The van der Waals surface area contributed by atoms with Crippen molar-refractivity contribution in [1.82, 2.24) is 9.80 Å². The second-order valence-electron chi connectivity index (χ2n) is 9.12. The Morgan fingerprint density at radius 1 is 0.806 bits per heavy atom. The molecule has 0 atom stereocenters. The van der Waals surface area contributed by atoms with Crippen LogP contribution >= 0.6 is 0 Å². The van der Waals surface area contributed by atoms with Gasteiger partial charge in [-0.15, -0.1) is 0 Å². The molecule has 2 aromatic carbocycles. The maximum Gasteiger partial charge on any atom is 0.321 e. The van der Waals surface area contributed by atoms with E-state index in [1.807, 2.05) is 46.2 Å². The van der Waals surface area contributed by atoms with Crippen LogP contribution in [0.4, 0.5) is 21.9 Å². The van der Waals surface area contributed by atoms with E-state index < -0.39 is 0 Å². The Labute approximate surface area is 212 Å². The molecule has 0 bridgehead atoms. The first-order valence-electron chi connectivity index (χ1n) is 12.7. The molecule has 0 aromatic heterocycles. The smallest absolute Gasteiger partial charge is 0.321 e. The Bertz CT molecular complexity index is 1080. The maximum absolute atomic E-state index is 13.4. The van der Waals surface area contributed by atoms with E-state index in [-0.39, 0.29) is 17.8 Å². The molecule has 0 radical (unpaired) electrons. The first-order valence-corrected chi connectivity index (χ1v) is 12.7. The van der Waals surface area contributed by atoms with Crippen molar-refractivity contribution in [1.29, 1.82) is 0 Å². The second kappa shape index (κ2) is 11.8. The van der Waals surface area contributed by atoms with Crippen molar-refractivity contribution in [3.8, 4) is 5.75 Å². The minimum atomic E-state index is -0.145. The Kier molecular flexibility index (Phi) is 8.30. The number of rotatable bonds is 6. The zero-order valence-corrected chi connectivity index (χ0v) is 21.1. The average Bonchev–Trinajstić information content (AvgIpc) is 3.33. The summed E-state index contributed by atoms with van der Waals surface area (Å²) in [6.07, 6.45) is 3.17. The summed E-state index contributed by atoms with van der Waals surface area (Å²) < 4.78 is 5.18. The van der Waals surface area contributed by atoms with Crippen molar-refractivity contribution in [2.45, 2.75) is 32.6 Å². The molecule has 0 unspecified atom stereocenters. The van der Waals surface area contributed by atoms with Crippen LogP contribution in [0.15, 0.2) is 42.5 Å². The second-order valence-corrected chi connectivity index (χ2v) is 9.12. The molecule has 192 valence electrons. The highest BCUT2D eigenvalue weighted by Crippen LogP contribution is 2.28. The van der Waals surface area contributed by atoms with E-state index in [4.69, 9.17) is 4.74 Å². The largest absolute Gasteiger partial charge is 0.497 e. The quantitative estimate of drug-likeness (QED) is 0.634. The summed E-state index contributed by atoms with van der Waals surface area (Å²) in [6.45, 7) is 5.80. The fraction of sp³-hybridized carbons (Fsp3) is 0.444. The van der Waals surface area contributed by atoms with Crippen molar-refractivity contribution < 1.29 is 19.1 Å². The van der Waals surface area contributed by atoms with Gasteiger partial charge in [0.2, 0.25) is 5.91 Å². The summed E-state index contributed by atoms with van der Waals surface area (Å²) in [5.74, 6) is 0.641. The lowest BCUT2D eigenvalue weighted by molar-refractivity contribution is -0.115. The van der Waals surface area contributed by atoms with Crippen LogP contribution in [0.1, 0.15) is 43.0 Å². The Morgan fingerprint density at radius 3 is 2.19 bits per heavy atom. The molecule has 9 heteroatoms. The van der Waals surface area contributed by atoms with E-state index in [2.05, 4.69) is 15.5 Å². The summed E-state index contributed by atoms with van der Waals surface area (Å²) in [5, 5.41) is 5.83. The molecule has 2 saturated heterocycles. The summed E-state index contributed by atoms with van der Waals surface area (Å²) >= 11 is 0. The van der Waals surface area contributed by atoms with Gasteiger partial charge in [-0.1, -0.05) is 6.92 Å². The molecule has 2 N–H and O–H groups in total. The highest BCUT2D eigenvalue weighted by atomic mass is 16.5. The SMILES string of the molecule is CCC(=O)Nc1ccc(N2CCCN(C(=O)Nc3ccc(OC)cc3)CC2)c(C(=O)N2CCCC2)c1. The standard InChI is InChI=1S/C27H35N5O4/c1-3-25(33)28-21-9-12-24(23(19-21)26(34)31-13-4-5-14-31)30-15-6-16-32(18-17-30)27(35)29-20-7-10-22(36-2)11-8-20/h7-12,19H,3-6,13-18H2,1-2H3,(H,28,33)(H,29,35). The summed E-state index contributed by atoms with van der Waals surface area (Å²) in [4.78, 5) is 44.2. The van der Waals surface area contributed by atoms with Gasteiger partial charge in [0.1, 0.15) is 5.75 Å². The van der Waals surface area contributed by atoms with Gasteiger partial charge in [-0.2, -0.15) is 0 Å². The summed E-state index contributed by atoms with van der Waals surface area (Å²) in [7, 11) is 1.61. The number of urea groups is 1. The van der Waals surface area contributed by atoms with Gasteiger partial charge in [0, 0.05) is 62.8 Å². The Morgan fingerprint density at radius 2 is 1.50 bits per heavy atom. The van der Waals surface area contributed by atoms with E-state index in [1.54, 1.807) is 20.1 Å². The number of likely N-dealkylation sites (tertiary alicyclic amines) is 1. The molecule has 9 nitrogen and oxygen atoms in total. The predicted molar refractivity (Wildman–Crippen MR) is 141 cm³/mol. The molecule has 2 fully saturated rings. The van der Waals surface area contributed by atoms with Gasteiger partial charge in [0.05, 0.1) is 12.7 Å². The molecule has 2 aliphatic rings. The number of nitrogens with zero attached hydrogens (tertiary/aromatic N) is 3. The topological polar surface area (TPSA) is 94.2 Å². The monoisotopic (exact) mass is 493 g/mol. The molecule has 36 heavy (non-hydrogen) atoms. The molecular weight excluding hydrogens is 458 g/mol. The predicted octanol–water partition coefficient (Wildman–Crippen LogP) is 4.02. The van der Waals surface area contributed by atoms with Crippen molar-refractivity contribution in [3.05, 3.63) is 48.0 Å². The summed E-state index contributed by atoms with van der Waals surface area (Å²) in [6, 6.07) is 12.7. The number of ether oxygens (including phenoxy) is 1. The third-order valence-electron chi connectivity index (χ3n) is 6.69. The van der Waals surface area contributed by atoms with Gasteiger partial charge < -0.3 is 30.1 Å². The highest BCUT2D eigenvalue weighted by molar-refractivity contribution is 6.02. The fourth-order valence-electron chi connectivity index (χ4n) is 4.64. The molecule has 2 heterocycles. The van der Waals surface area contributed by atoms with Gasteiger partial charge in [-0.3, -0.25) is 9.59 Å². The van der Waals surface area contributed by atoms with Crippen LogP contribution in [-0.2, 0) is 4.79 Å². The fourth-order valence-corrected chi connectivity index (χ4v) is 4.64.